The molecule has 6 heteroatoms. The van der Waals surface area contributed by atoms with E-state index in [0.717, 1.165) is 10.5 Å². The number of fused-ring (bicyclic) bond motifs is 1. The fourth-order valence-corrected chi connectivity index (χ4v) is 2.89. The highest BCUT2D eigenvalue weighted by Crippen LogP contribution is 2.29. The predicted molar refractivity (Wildman–Crippen MR) is 97.8 cm³/mol. The molecule has 3 aromatic rings. The molecule has 0 aliphatic heterocycles. The summed E-state index contributed by atoms with van der Waals surface area (Å²) in [6, 6.07) is 12.8. The zero-order chi connectivity index (χ0) is 17.1. The van der Waals surface area contributed by atoms with Crippen LogP contribution in [0, 0.1) is 0 Å². The van der Waals surface area contributed by atoms with Gasteiger partial charge in [-0.05, 0) is 42.2 Å². The van der Waals surface area contributed by atoms with Gasteiger partial charge in [-0.3, -0.25) is 9.78 Å². The molecule has 122 valence electrons. The molecule has 0 unspecified atom stereocenters. The van der Waals surface area contributed by atoms with E-state index in [4.69, 9.17) is 11.6 Å². The molecule has 3 rings (SSSR count). The van der Waals surface area contributed by atoms with Gasteiger partial charge in [-0.15, -0.1) is 11.8 Å². The van der Waals surface area contributed by atoms with Crippen LogP contribution in [0.5, 0.6) is 5.75 Å². The van der Waals surface area contributed by atoms with E-state index in [9.17, 15) is 9.90 Å². The van der Waals surface area contributed by atoms with Crippen LogP contribution in [0.4, 0.5) is 0 Å². The van der Waals surface area contributed by atoms with Crippen LogP contribution < -0.4 is 5.32 Å². The van der Waals surface area contributed by atoms with Crippen LogP contribution in [-0.4, -0.2) is 22.3 Å². The van der Waals surface area contributed by atoms with E-state index in [2.05, 4.69) is 10.3 Å². The van der Waals surface area contributed by atoms with Crippen molar-refractivity contribution in [3.63, 3.8) is 0 Å². The Morgan fingerprint density at radius 3 is 2.71 bits per heavy atom. The highest BCUT2D eigenvalue weighted by atomic mass is 35.5. The van der Waals surface area contributed by atoms with Crippen molar-refractivity contribution in [2.75, 3.05) is 6.26 Å². The number of carbonyl (C=O) groups excluding carboxylic acids is 1. The quantitative estimate of drug-likeness (QED) is 0.684. The van der Waals surface area contributed by atoms with Crippen LogP contribution in [0.15, 0.2) is 53.6 Å². The third kappa shape index (κ3) is 3.47. The minimum atomic E-state index is -0.370. The molecule has 1 heterocycles. The maximum Gasteiger partial charge on any atom is 0.256 e. The third-order valence-electron chi connectivity index (χ3n) is 3.66. The van der Waals surface area contributed by atoms with Gasteiger partial charge in [0.2, 0.25) is 0 Å². The van der Waals surface area contributed by atoms with Crippen LogP contribution in [0.3, 0.4) is 0 Å². The number of amides is 1. The average Bonchev–Trinajstić information content (AvgIpc) is 2.61. The summed E-state index contributed by atoms with van der Waals surface area (Å²) in [5, 5.41) is 14.4. The van der Waals surface area contributed by atoms with E-state index in [1.54, 1.807) is 30.0 Å². The van der Waals surface area contributed by atoms with Crippen LogP contribution in [0.2, 0.25) is 5.02 Å². The summed E-state index contributed by atoms with van der Waals surface area (Å²) in [6.07, 6.45) is 3.37. The van der Waals surface area contributed by atoms with Crippen LogP contribution in [0.1, 0.15) is 15.9 Å². The Kier molecular flexibility index (Phi) is 4.92. The Hall–Kier alpha value is -2.24. The fourth-order valence-electron chi connectivity index (χ4n) is 2.33. The SMILES string of the molecule is CSc1ccc2c(O)c(C(=O)NCc3ccc(Cl)cc3)cnc2c1. The summed E-state index contributed by atoms with van der Waals surface area (Å²) < 4.78 is 0. The van der Waals surface area contributed by atoms with Crippen molar-refractivity contribution in [2.45, 2.75) is 11.4 Å². The van der Waals surface area contributed by atoms with Crippen molar-refractivity contribution in [3.05, 3.63) is 64.8 Å². The summed E-state index contributed by atoms with van der Waals surface area (Å²) in [6.45, 7) is 0.346. The second-order valence-electron chi connectivity index (χ2n) is 5.21. The normalized spacial score (nSPS) is 10.8. The Morgan fingerprint density at radius 1 is 1.25 bits per heavy atom. The number of rotatable bonds is 4. The lowest BCUT2D eigenvalue weighted by atomic mass is 10.1. The molecule has 0 fully saturated rings. The van der Waals surface area contributed by atoms with Gasteiger partial charge in [-0.2, -0.15) is 0 Å². The zero-order valence-corrected chi connectivity index (χ0v) is 14.5. The Bertz CT molecular complexity index is 897. The van der Waals surface area contributed by atoms with Gasteiger partial charge in [-0.1, -0.05) is 23.7 Å². The van der Waals surface area contributed by atoms with Gasteiger partial charge >= 0.3 is 0 Å². The molecule has 0 aliphatic rings. The molecule has 2 aromatic carbocycles. The van der Waals surface area contributed by atoms with E-state index in [1.165, 1.54) is 6.20 Å². The van der Waals surface area contributed by atoms with Crippen molar-refractivity contribution in [3.8, 4) is 5.75 Å². The molecule has 0 bridgehead atoms. The van der Waals surface area contributed by atoms with E-state index < -0.39 is 0 Å². The molecule has 0 spiro atoms. The Labute approximate surface area is 148 Å². The monoisotopic (exact) mass is 358 g/mol. The first kappa shape index (κ1) is 16.6. The number of nitrogens with one attached hydrogen (secondary N) is 1. The van der Waals surface area contributed by atoms with E-state index in [0.29, 0.717) is 22.5 Å². The van der Waals surface area contributed by atoms with Crippen molar-refractivity contribution in [1.29, 1.82) is 0 Å². The predicted octanol–water partition coefficient (Wildman–Crippen LogP) is 4.25. The molecule has 0 radical (unpaired) electrons. The first-order valence-electron chi connectivity index (χ1n) is 7.27. The standard InChI is InChI=1S/C18H15ClN2O2S/c1-24-13-6-7-14-16(8-13)20-10-15(17(14)22)18(23)21-9-11-2-4-12(19)5-3-11/h2-8,10H,9H2,1H3,(H,20,22)(H,21,23). The minimum absolute atomic E-state index is 0.0544. The lowest BCUT2D eigenvalue weighted by molar-refractivity contribution is 0.0948. The van der Waals surface area contributed by atoms with Crippen LogP contribution in [0.25, 0.3) is 10.9 Å². The van der Waals surface area contributed by atoms with Gasteiger partial charge in [0.25, 0.3) is 5.91 Å². The topological polar surface area (TPSA) is 62.2 Å². The molecule has 2 N–H and O–H groups in total. The molecule has 0 aliphatic carbocycles. The maximum atomic E-state index is 12.3. The smallest absolute Gasteiger partial charge is 0.256 e. The Balaban J connectivity index is 1.81. The minimum Gasteiger partial charge on any atom is -0.506 e. The largest absolute Gasteiger partial charge is 0.506 e. The number of aromatic hydroxyl groups is 1. The highest BCUT2D eigenvalue weighted by molar-refractivity contribution is 7.98. The molecule has 1 aromatic heterocycles. The van der Waals surface area contributed by atoms with Gasteiger partial charge < -0.3 is 10.4 Å². The second-order valence-corrected chi connectivity index (χ2v) is 6.53. The number of pyridine rings is 1. The molecular formula is C18H15ClN2O2S. The van der Waals surface area contributed by atoms with Crippen LogP contribution >= 0.6 is 23.4 Å². The molecule has 4 nitrogen and oxygen atoms in total. The third-order valence-corrected chi connectivity index (χ3v) is 4.64. The number of benzene rings is 2. The van der Waals surface area contributed by atoms with Crippen molar-refractivity contribution >= 4 is 40.2 Å². The number of hydrogen-bond acceptors (Lipinski definition) is 4. The second kappa shape index (κ2) is 7.11. The number of aromatic nitrogens is 1. The lowest BCUT2D eigenvalue weighted by Crippen LogP contribution is -2.23. The van der Waals surface area contributed by atoms with Gasteiger partial charge in [-0.25, -0.2) is 0 Å². The van der Waals surface area contributed by atoms with E-state index in [1.807, 2.05) is 30.5 Å². The molecular weight excluding hydrogens is 344 g/mol. The summed E-state index contributed by atoms with van der Waals surface area (Å²) in [4.78, 5) is 17.7. The Morgan fingerprint density at radius 2 is 2.00 bits per heavy atom. The van der Waals surface area contributed by atoms with Gasteiger partial charge in [0.1, 0.15) is 11.3 Å². The number of nitrogens with zero attached hydrogens (tertiary/aromatic N) is 1. The zero-order valence-electron chi connectivity index (χ0n) is 12.9. The van der Waals surface area contributed by atoms with Gasteiger partial charge in [0.05, 0.1) is 5.52 Å². The number of thioether (sulfide) groups is 1. The fraction of sp³-hybridized carbons (Fsp3) is 0.111. The van der Waals surface area contributed by atoms with Gasteiger partial charge in [0.15, 0.2) is 0 Å². The molecule has 0 atom stereocenters. The molecule has 1 amide bonds. The number of halogens is 1. The molecule has 0 saturated carbocycles. The summed E-state index contributed by atoms with van der Waals surface area (Å²) >= 11 is 7.43. The van der Waals surface area contributed by atoms with Crippen molar-refractivity contribution in [1.82, 2.24) is 10.3 Å². The molecule has 0 saturated heterocycles. The number of hydrogen-bond donors (Lipinski definition) is 2. The first-order valence-corrected chi connectivity index (χ1v) is 8.87. The maximum absolute atomic E-state index is 12.3. The highest BCUT2D eigenvalue weighted by Gasteiger charge is 2.15. The number of carbonyl (C=O) groups is 1. The lowest BCUT2D eigenvalue weighted by Gasteiger charge is -2.09. The van der Waals surface area contributed by atoms with Crippen LogP contribution in [-0.2, 0) is 6.54 Å². The van der Waals surface area contributed by atoms with E-state index >= 15 is 0 Å². The molecule has 24 heavy (non-hydrogen) atoms. The summed E-state index contributed by atoms with van der Waals surface area (Å²) in [5.41, 5.74) is 1.74. The van der Waals surface area contributed by atoms with E-state index in [-0.39, 0.29) is 17.2 Å². The summed E-state index contributed by atoms with van der Waals surface area (Å²) in [7, 11) is 0. The summed E-state index contributed by atoms with van der Waals surface area (Å²) in [5.74, 6) is -0.424. The first-order chi connectivity index (χ1) is 11.6. The van der Waals surface area contributed by atoms with Crippen molar-refractivity contribution in [2.24, 2.45) is 0 Å². The average molecular weight is 359 g/mol. The van der Waals surface area contributed by atoms with Gasteiger partial charge in [0, 0.05) is 28.0 Å². The van der Waals surface area contributed by atoms with Crippen molar-refractivity contribution < 1.29 is 9.90 Å².